The van der Waals surface area contributed by atoms with Crippen LogP contribution < -0.4 is 27.0 Å². The zero-order valence-electron chi connectivity index (χ0n) is 39.9. The number of carbonyl (C=O) groups excluding carboxylic acids is 5. The van der Waals surface area contributed by atoms with Gasteiger partial charge in [0, 0.05) is 49.1 Å². The van der Waals surface area contributed by atoms with Gasteiger partial charge in [0.1, 0.15) is 35.3 Å². The normalized spacial score (nSPS) is 11.7. The second kappa shape index (κ2) is 34.3. The molecule has 0 radical (unpaired) electrons. The van der Waals surface area contributed by atoms with Crippen LogP contribution >= 0.6 is 52.1 Å². The van der Waals surface area contributed by atoms with Gasteiger partial charge in [0.25, 0.3) is 0 Å². The molecule has 1 heterocycles. The number of hydrogen-bond acceptors (Lipinski definition) is 12. The van der Waals surface area contributed by atoms with Crippen LogP contribution in [0.1, 0.15) is 80.2 Å². The minimum absolute atomic E-state index is 0. The number of amides is 5. The van der Waals surface area contributed by atoms with Crippen molar-refractivity contribution in [2.45, 2.75) is 110 Å². The molecule has 3 aromatic rings. The Morgan fingerprint density at radius 1 is 0.912 bits per heavy atom. The van der Waals surface area contributed by atoms with Crippen molar-refractivity contribution in [2.24, 2.45) is 10.8 Å². The third-order valence-electron chi connectivity index (χ3n) is 8.63. The van der Waals surface area contributed by atoms with Gasteiger partial charge >= 0.3 is 18.3 Å². The van der Waals surface area contributed by atoms with Crippen LogP contribution in [0, 0.1) is 11.6 Å². The molecule has 0 spiro atoms. The van der Waals surface area contributed by atoms with Crippen LogP contribution in [0.15, 0.2) is 53.8 Å². The van der Waals surface area contributed by atoms with Gasteiger partial charge in [-0.15, -0.1) is 0 Å². The van der Waals surface area contributed by atoms with E-state index in [4.69, 9.17) is 42.2 Å². The van der Waals surface area contributed by atoms with Crippen LogP contribution in [0.3, 0.4) is 0 Å². The summed E-state index contributed by atoms with van der Waals surface area (Å²) in [5.41, 5.74) is 13.0. The fourth-order valence-electron chi connectivity index (χ4n) is 5.10. The van der Waals surface area contributed by atoms with E-state index in [9.17, 15) is 32.8 Å². The molecule has 0 saturated carbocycles. The Labute approximate surface area is 422 Å². The quantitative estimate of drug-likeness (QED) is 0.0334. The highest BCUT2D eigenvalue weighted by Gasteiger charge is 2.24. The Hall–Kier alpha value is -4.97. The lowest BCUT2D eigenvalue weighted by atomic mass is 10.1. The number of ether oxygens (including phenoxy) is 3. The van der Waals surface area contributed by atoms with Crippen LogP contribution in [0.5, 0.6) is 0 Å². The molecule has 0 bridgehead atoms. The van der Waals surface area contributed by atoms with Crippen LogP contribution in [0.2, 0.25) is 5.02 Å². The zero-order chi connectivity index (χ0) is 49.3. The van der Waals surface area contributed by atoms with Crippen molar-refractivity contribution in [1.29, 1.82) is 0 Å². The first-order valence-electron chi connectivity index (χ1n) is 20.7. The van der Waals surface area contributed by atoms with Crippen molar-refractivity contribution in [3.63, 3.8) is 0 Å². The Balaban J connectivity index is -0.00000113. The second-order valence-electron chi connectivity index (χ2n) is 16.3. The number of alkyl carbamates (subject to hydrolysis) is 2. The van der Waals surface area contributed by atoms with Gasteiger partial charge in [0.2, 0.25) is 11.8 Å². The van der Waals surface area contributed by atoms with Crippen LogP contribution in [-0.4, -0.2) is 114 Å². The first kappa shape index (κ1) is 67.3. The summed E-state index contributed by atoms with van der Waals surface area (Å²) >= 11 is 5.96. The number of nitrogens with zero attached hydrogens (tertiary/aromatic N) is 5. The van der Waals surface area contributed by atoms with Gasteiger partial charge in [-0.25, -0.2) is 28.1 Å². The summed E-state index contributed by atoms with van der Waals surface area (Å²) in [4.78, 5) is 67.4. The molecule has 68 heavy (non-hydrogen) atoms. The summed E-state index contributed by atoms with van der Waals surface area (Å²) in [7, 11) is 1.50. The molecule has 0 fully saturated rings. The molecule has 0 aliphatic carbocycles. The van der Waals surface area contributed by atoms with E-state index in [1.165, 1.54) is 48.5 Å². The smallest absolute Gasteiger partial charge is 0.412 e. The Bertz CT molecular complexity index is 2080. The largest absolute Gasteiger partial charge is 0.447 e. The maximum absolute atomic E-state index is 13.7. The summed E-state index contributed by atoms with van der Waals surface area (Å²) < 4.78 is 42.5. The van der Waals surface area contributed by atoms with E-state index in [1.807, 2.05) is 13.8 Å². The van der Waals surface area contributed by atoms with E-state index in [0.29, 0.717) is 29.2 Å². The summed E-state index contributed by atoms with van der Waals surface area (Å²) in [5, 5.41) is 23.6. The lowest BCUT2D eigenvalue weighted by molar-refractivity contribution is -0.133. The van der Waals surface area contributed by atoms with Gasteiger partial charge in [0.05, 0.1) is 30.3 Å². The highest BCUT2D eigenvalue weighted by Crippen LogP contribution is 2.22. The van der Waals surface area contributed by atoms with Crippen molar-refractivity contribution in [3.8, 4) is 0 Å². The monoisotopic (exact) mass is 1040 g/mol. The highest BCUT2D eigenvalue weighted by molar-refractivity contribution is 7.59. The number of rotatable bonds is 17. The molecule has 1 aromatic heterocycles. The Kier molecular flexibility index (Phi) is 34.0. The van der Waals surface area contributed by atoms with Crippen molar-refractivity contribution in [3.05, 3.63) is 81.3 Å². The summed E-state index contributed by atoms with van der Waals surface area (Å²) in [6.07, 6.45) is 1.24. The van der Waals surface area contributed by atoms with Gasteiger partial charge in [-0.2, -0.15) is 40.5 Å². The number of aliphatic hydroxyl groups excluding tert-OH is 1. The number of fused-ring (bicyclic) bond motifs is 1. The van der Waals surface area contributed by atoms with E-state index < -0.39 is 53.1 Å². The predicted octanol–water partition coefficient (Wildman–Crippen LogP) is 7.47. The first-order valence-corrected chi connectivity index (χ1v) is 21.1. The van der Waals surface area contributed by atoms with Gasteiger partial charge in [-0.1, -0.05) is 42.7 Å². The third-order valence-corrected chi connectivity index (χ3v) is 9.06. The Morgan fingerprint density at radius 2 is 1.50 bits per heavy atom. The highest BCUT2D eigenvalue weighted by atomic mass is 35.5. The second-order valence-corrected chi connectivity index (χ2v) is 16.6. The molecule has 0 unspecified atom stereocenters. The lowest BCUT2D eigenvalue weighted by Gasteiger charge is -2.28. The minimum atomic E-state index is -0.856. The fraction of sp³-hybridized carbons (Fsp3) is 0.535. The van der Waals surface area contributed by atoms with E-state index in [-0.39, 0.29) is 115 Å². The van der Waals surface area contributed by atoms with Gasteiger partial charge in [0.15, 0.2) is 0 Å². The van der Waals surface area contributed by atoms with Crippen molar-refractivity contribution >= 4 is 98.8 Å². The zero-order valence-corrected chi connectivity index (χ0v) is 43.6. The maximum atomic E-state index is 13.7. The number of halogens is 3. The number of azide groups is 1. The topological polar surface area (TPSA) is 272 Å². The summed E-state index contributed by atoms with van der Waals surface area (Å²) in [5.74, 6) is -1.65. The maximum Gasteiger partial charge on any atom is 0.412 e. The molecular weight excluding hydrogens is 970 g/mol. The number of aromatic nitrogens is 1. The van der Waals surface area contributed by atoms with Gasteiger partial charge in [-0.3, -0.25) is 14.9 Å². The molecule has 0 saturated heterocycles. The minimum Gasteiger partial charge on any atom is -0.447 e. The number of nitrogens with two attached hydrogens (primary N) is 1. The number of anilines is 1. The molecule has 3 rings (SSSR count). The number of aliphatic hydroxyl groups is 1. The fourth-order valence-corrected chi connectivity index (χ4v) is 5.32. The van der Waals surface area contributed by atoms with Crippen LogP contribution in [-0.2, 0) is 30.2 Å². The lowest BCUT2D eigenvalue weighted by Crippen LogP contribution is -2.48. The van der Waals surface area contributed by atoms with Gasteiger partial charge in [-0.05, 0) is 108 Å². The average Bonchev–Trinajstić information content (AvgIpc) is 3.23. The third kappa shape index (κ3) is 28.4. The molecule has 19 nitrogen and oxygen atoms in total. The predicted molar refractivity (Wildman–Crippen MR) is 274 cm³/mol. The number of hydrogen-bond donors (Lipinski definition) is 6. The summed E-state index contributed by atoms with van der Waals surface area (Å²) in [6, 6.07) is 8.91. The van der Waals surface area contributed by atoms with Crippen LogP contribution in [0.25, 0.3) is 21.2 Å². The van der Waals surface area contributed by atoms with E-state index in [0.717, 1.165) is 0 Å². The number of nitrogens with one attached hydrogen (secondary N) is 4. The molecule has 2 aromatic carbocycles. The molecule has 5 amide bonds. The average molecular weight is 1040 g/mol. The molecular formula is C43H69ClF2N10O9S3. The van der Waals surface area contributed by atoms with E-state index >= 15 is 0 Å². The molecule has 384 valence electrons. The van der Waals surface area contributed by atoms with Crippen molar-refractivity contribution in [1.82, 2.24) is 25.8 Å². The molecule has 7 N–H and O–H groups in total. The van der Waals surface area contributed by atoms with E-state index in [1.54, 1.807) is 53.7 Å². The number of aryl methyl sites for hydroxylation is 1. The number of likely N-dealkylation sites (N-methyl/N-ethyl adjacent to an activating group) is 1. The number of carbonyl (C=O) groups is 5. The summed E-state index contributed by atoms with van der Waals surface area (Å²) in [6.45, 7) is 14.2. The Morgan fingerprint density at radius 3 is 2.03 bits per heavy atom. The first-order chi connectivity index (χ1) is 30.4. The molecule has 3 atom stereocenters. The van der Waals surface area contributed by atoms with Gasteiger partial charge < -0.3 is 45.9 Å². The van der Waals surface area contributed by atoms with Crippen LogP contribution in [0.4, 0.5) is 29.0 Å². The number of benzene rings is 2. The SMILES string of the molecule is CC[C@H](CN=[N+]=[N-])NC(=O)OC(C)(C)C.CC[C@H](CO)NC(=O)OC(C)(C)C.CN(C(=O)CCc1cccc(F)c1Cl)[C@@H](CNC(=O)CN)COC(=O)Nc1cc2cc(F)ccc2cn1.S.S.S. The molecule has 0 aliphatic rings. The standard InChI is InChI=1S/C25H26ClF2N5O4.C9H18N4O2.C9H19NO3.3H2S/c1-33(23(35)8-6-15-3-2-4-20(28)24(15)26)19(13-31-22(34)11-29)14-37-25(36)32-21-10-17-9-18(27)7-5-16(17)12-30-21;1-5-7(6-11-13-10)12-8(14)15-9(2,3)4;1-5-7(6-11)10-8(12)13-9(2,3)4;;;/h2-5,7,9-10,12,19H,6,8,11,13-14,29H2,1H3,(H,31,34)(H,30,32,36);7H,5-6H2,1-4H3,(H,12,14);7,11H,5-6H2,1-4H3,(H,10,12);3*1H2/t19-;2*7-;;;/m011.../s1. The van der Waals surface area contributed by atoms with Crippen molar-refractivity contribution in [2.75, 3.05) is 45.2 Å². The molecule has 25 heteroatoms. The molecule has 0 aliphatic heterocycles. The van der Waals surface area contributed by atoms with E-state index in [2.05, 4.69) is 36.3 Å². The number of pyridine rings is 1. The van der Waals surface area contributed by atoms with Crippen molar-refractivity contribution < 1.29 is 52.1 Å².